The SMILES string of the molecule is O=S(=O)(NCc1cc(Cl)ccc1F)c1ccccc1. The number of hydrogen-bond donors (Lipinski definition) is 1. The molecule has 100 valence electrons. The van der Waals surface area contributed by atoms with Crippen LogP contribution < -0.4 is 4.72 Å². The normalized spacial score (nSPS) is 11.5. The maximum atomic E-state index is 13.5. The Labute approximate surface area is 116 Å². The second kappa shape index (κ2) is 5.69. The third kappa shape index (κ3) is 3.53. The molecular formula is C13H11ClFNO2S. The lowest BCUT2D eigenvalue weighted by atomic mass is 10.2. The summed E-state index contributed by atoms with van der Waals surface area (Å²) in [5, 5.41) is 0.357. The highest BCUT2D eigenvalue weighted by atomic mass is 35.5. The van der Waals surface area contributed by atoms with E-state index in [1.165, 1.54) is 30.3 Å². The smallest absolute Gasteiger partial charge is 0.207 e. The van der Waals surface area contributed by atoms with Crippen molar-refractivity contribution in [3.05, 3.63) is 64.9 Å². The Morgan fingerprint density at radius 1 is 1.11 bits per heavy atom. The molecule has 0 bridgehead atoms. The molecule has 19 heavy (non-hydrogen) atoms. The number of sulfonamides is 1. The van der Waals surface area contributed by atoms with Crippen molar-refractivity contribution in [2.75, 3.05) is 0 Å². The molecule has 0 aromatic heterocycles. The molecule has 2 rings (SSSR count). The Balaban J connectivity index is 2.17. The van der Waals surface area contributed by atoms with Gasteiger partial charge in [0.2, 0.25) is 10.0 Å². The van der Waals surface area contributed by atoms with Crippen LogP contribution in [-0.2, 0) is 16.6 Å². The van der Waals surface area contributed by atoms with Crippen LogP contribution in [0.4, 0.5) is 4.39 Å². The monoisotopic (exact) mass is 299 g/mol. The predicted molar refractivity (Wildman–Crippen MR) is 71.9 cm³/mol. The van der Waals surface area contributed by atoms with Gasteiger partial charge in [-0.25, -0.2) is 17.5 Å². The van der Waals surface area contributed by atoms with Gasteiger partial charge < -0.3 is 0 Å². The molecule has 0 amide bonds. The molecule has 0 aliphatic carbocycles. The molecule has 0 fully saturated rings. The molecule has 0 aliphatic rings. The van der Waals surface area contributed by atoms with Gasteiger partial charge >= 0.3 is 0 Å². The van der Waals surface area contributed by atoms with Crippen molar-refractivity contribution in [2.24, 2.45) is 0 Å². The van der Waals surface area contributed by atoms with E-state index in [9.17, 15) is 12.8 Å². The molecule has 2 aromatic rings. The van der Waals surface area contributed by atoms with Crippen LogP contribution in [-0.4, -0.2) is 8.42 Å². The summed E-state index contributed by atoms with van der Waals surface area (Å²) in [4.78, 5) is 0.137. The molecule has 2 aromatic carbocycles. The van der Waals surface area contributed by atoms with Gasteiger partial charge in [0.25, 0.3) is 0 Å². The molecular weight excluding hydrogens is 289 g/mol. The Hall–Kier alpha value is -1.43. The molecule has 0 saturated carbocycles. The third-order valence-electron chi connectivity index (χ3n) is 2.51. The van der Waals surface area contributed by atoms with Crippen LogP contribution in [0.3, 0.4) is 0 Å². The minimum absolute atomic E-state index is 0.137. The second-order valence-electron chi connectivity index (χ2n) is 3.87. The van der Waals surface area contributed by atoms with Gasteiger partial charge in [-0.05, 0) is 30.3 Å². The first-order chi connectivity index (χ1) is 8.99. The zero-order valence-electron chi connectivity index (χ0n) is 9.81. The molecule has 3 nitrogen and oxygen atoms in total. The van der Waals surface area contributed by atoms with Crippen LogP contribution in [0.25, 0.3) is 0 Å². The molecule has 0 radical (unpaired) electrons. The Morgan fingerprint density at radius 3 is 2.47 bits per heavy atom. The molecule has 0 heterocycles. The van der Waals surface area contributed by atoms with E-state index in [4.69, 9.17) is 11.6 Å². The van der Waals surface area contributed by atoms with E-state index in [-0.39, 0.29) is 17.0 Å². The van der Waals surface area contributed by atoms with E-state index in [0.29, 0.717) is 5.02 Å². The number of benzene rings is 2. The van der Waals surface area contributed by atoms with Gasteiger partial charge in [-0.2, -0.15) is 0 Å². The molecule has 6 heteroatoms. The molecule has 1 N–H and O–H groups in total. The fourth-order valence-electron chi connectivity index (χ4n) is 1.53. The van der Waals surface area contributed by atoms with Gasteiger partial charge in [0, 0.05) is 17.1 Å². The standard InChI is InChI=1S/C13H11ClFNO2S/c14-11-6-7-13(15)10(8-11)9-16-19(17,18)12-4-2-1-3-5-12/h1-8,16H,9H2. The lowest BCUT2D eigenvalue weighted by molar-refractivity contribution is 0.574. The Kier molecular flexibility index (Phi) is 4.19. The first-order valence-corrected chi connectivity index (χ1v) is 7.34. The van der Waals surface area contributed by atoms with Crippen molar-refractivity contribution in [1.82, 2.24) is 4.72 Å². The first-order valence-electron chi connectivity index (χ1n) is 5.48. The van der Waals surface area contributed by atoms with E-state index in [0.717, 1.165) is 0 Å². The zero-order chi connectivity index (χ0) is 13.9. The Bertz CT molecular complexity index is 674. The van der Waals surface area contributed by atoms with Crippen molar-refractivity contribution in [2.45, 2.75) is 11.4 Å². The second-order valence-corrected chi connectivity index (χ2v) is 6.08. The van der Waals surface area contributed by atoms with Crippen molar-refractivity contribution < 1.29 is 12.8 Å². The lowest BCUT2D eigenvalue weighted by Crippen LogP contribution is -2.23. The third-order valence-corrected chi connectivity index (χ3v) is 4.17. The zero-order valence-corrected chi connectivity index (χ0v) is 11.4. The van der Waals surface area contributed by atoms with Gasteiger partial charge in [-0.15, -0.1) is 0 Å². The Morgan fingerprint density at radius 2 is 1.79 bits per heavy atom. The predicted octanol–water partition coefficient (Wildman–Crippen LogP) is 2.96. The topological polar surface area (TPSA) is 46.2 Å². The lowest BCUT2D eigenvalue weighted by Gasteiger charge is -2.07. The van der Waals surface area contributed by atoms with Crippen LogP contribution in [0.5, 0.6) is 0 Å². The summed E-state index contributed by atoms with van der Waals surface area (Å²) in [7, 11) is -3.65. The van der Waals surface area contributed by atoms with Crippen LogP contribution in [0, 0.1) is 5.82 Å². The molecule has 0 unspecified atom stereocenters. The van der Waals surface area contributed by atoms with E-state index in [1.807, 2.05) is 0 Å². The fraction of sp³-hybridized carbons (Fsp3) is 0.0769. The van der Waals surface area contributed by atoms with Gasteiger partial charge in [-0.1, -0.05) is 29.8 Å². The molecule has 0 aliphatic heterocycles. The number of nitrogens with one attached hydrogen (secondary N) is 1. The van der Waals surface area contributed by atoms with Gasteiger partial charge in [0.05, 0.1) is 4.90 Å². The van der Waals surface area contributed by atoms with E-state index >= 15 is 0 Å². The van der Waals surface area contributed by atoms with Crippen molar-refractivity contribution in [1.29, 1.82) is 0 Å². The minimum Gasteiger partial charge on any atom is -0.207 e. The van der Waals surface area contributed by atoms with Crippen molar-refractivity contribution in [3.8, 4) is 0 Å². The average Bonchev–Trinajstić information content (AvgIpc) is 2.41. The van der Waals surface area contributed by atoms with Crippen molar-refractivity contribution in [3.63, 3.8) is 0 Å². The minimum atomic E-state index is -3.65. The fourth-order valence-corrected chi connectivity index (χ4v) is 2.76. The maximum Gasteiger partial charge on any atom is 0.240 e. The van der Waals surface area contributed by atoms with Crippen LogP contribution in [0.1, 0.15) is 5.56 Å². The van der Waals surface area contributed by atoms with Gasteiger partial charge in [0.1, 0.15) is 5.82 Å². The summed E-state index contributed by atoms with van der Waals surface area (Å²) >= 11 is 5.74. The van der Waals surface area contributed by atoms with E-state index < -0.39 is 15.8 Å². The average molecular weight is 300 g/mol. The number of hydrogen-bond acceptors (Lipinski definition) is 2. The largest absolute Gasteiger partial charge is 0.240 e. The van der Waals surface area contributed by atoms with Crippen LogP contribution in [0.2, 0.25) is 5.02 Å². The maximum absolute atomic E-state index is 13.5. The summed E-state index contributed by atoms with van der Waals surface area (Å²) in [6, 6.07) is 11.9. The van der Waals surface area contributed by atoms with Crippen LogP contribution in [0.15, 0.2) is 53.4 Å². The summed E-state index contributed by atoms with van der Waals surface area (Å²) in [5.74, 6) is -0.500. The highest BCUT2D eigenvalue weighted by molar-refractivity contribution is 7.89. The number of rotatable bonds is 4. The van der Waals surface area contributed by atoms with E-state index in [2.05, 4.69) is 4.72 Å². The van der Waals surface area contributed by atoms with E-state index in [1.54, 1.807) is 18.2 Å². The number of halogens is 2. The summed E-state index contributed by atoms with van der Waals surface area (Å²) in [5.41, 5.74) is 0.201. The summed E-state index contributed by atoms with van der Waals surface area (Å²) in [6.07, 6.45) is 0. The highest BCUT2D eigenvalue weighted by Gasteiger charge is 2.14. The quantitative estimate of drug-likeness (QED) is 0.943. The van der Waals surface area contributed by atoms with Gasteiger partial charge in [0.15, 0.2) is 0 Å². The van der Waals surface area contributed by atoms with Gasteiger partial charge in [-0.3, -0.25) is 0 Å². The first kappa shape index (κ1) is 14.0. The molecule has 0 saturated heterocycles. The molecule has 0 spiro atoms. The van der Waals surface area contributed by atoms with Crippen LogP contribution >= 0.6 is 11.6 Å². The molecule has 0 atom stereocenters. The summed E-state index contributed by atoms with van der Waals surface area (Å²) in [6.45, 7) is -0.149. The summed E-state index contributed by atoms with van der Waals surface area (Å²) < 4.78 is 39.7. The highest BCUT2D eigenvalue weighted by Crippen LogP contribution is 2.15. The van der Waals surface area contributed by atoms with Crippen molar-refractivity contribution >= 4 is 21.6 Å².